The fourth-order valence-corrected chi connectivity index (χ4v) is 4.45. The van der Waals surface area contributed by atoms with E-state index < -0.39 is 6.10 Å². The summed E-state index contributed by atoms with van der Waals surface area (Å²) in [5, 5.41) is 0. The van der Waals surface area contributed by atoms with Gasteiger partial charge in [-0.1, -0.05) is 54.6 Å². The van der Waals surface area contributed by atoms with E-state index in [4.69, 9.17) is 20.2 Å². The van der Waals surface area contributed by atoms with Crippen LogP contribution in [0, 0.1) is 0 Å². The lowest BCUT2D eigenvalue weighted by molar-refractivity contribution is -0.128. The van der Waals surface area contributed by atoms with Gasteiger partial charge in [0.1, 0.15) is 5.69 Å². The maximum absolute atomic E-state index is 12.7. The lowest BCUT2D eigenvalue weighted by atomic mass is 9.72. The van der Waals surface area contributed by atoms with Gasteiger partial charge < -0.3 is 20.1 Å². The largest absolute Gasteiger partial charge is 0.460 e. The number of carbonyl (C=O) groups excluding carboxylic acids is 1. The van der Waals surface area contributed by atoms with Crippen molar-refractivity contribution in [3.8, 4) is 28.3 Å². The van der Waals surface area contributed by atoms with E-state index in [1.54, 1.807) is 19.1 Å². The first-order valence-electron chi connectivity index (χ1n) is 10.9. The molecule has 5 rings (SSSR count). The quantitative estimate of drug-likeness (QED) is 0.660. The topological polar surface area (TPSA) is 77.7 Å². The van der Waals surface area contributed by atoms with Gasteiger partial charge >= 0.3 is 0 Å². The zero-order chi connectivity index (χ0) is 22.3. The number of benzene rings is 2. The first kappa shape index (κ1) is 20.7. The van der Waals surface area contributed by atoms with Gasteiger partial charge in [0, 0.05) is 30.8 Å². The second-order valence-corrected chi connectivity index (χ2v) is 8.62. The second kappa shape index (κ2) is 8.04. The predicted octanol–water partition coefficient (Wildman–Crippen LogP) is 4.12. The summed E-state index contributed by atoms with van der Waals surface area (Å²) in [5.41, 5.74) is 11.9. The molecule has 1 saturated carbocycles. The van der Waals surface area contributed by atoms with Gasteiger partial charge in [-0.05, 0) is 36.5 Å². The van der Waals surface area contributed by atoms with E-state index in [0.29, 0.717) is 11.6 Å². The molecule has 164 valence electrons. The number of carbonyl (C=O) groups is 1. The highest BCUT2D eigenvalue weighted by Gasteiger charge is 2.35. The molecule has 3 aromatic rings. The van der Waals surface area contributed by atoms with Crippen LogP contribution < -0.4 is 15.4 Å². The Labute approximate surface area is 188 Å². The van der Waals surface area contributed by atoms with Crippen molar-refractivity contribution in [1.29, 1.82) is 0 Å². The molecule has 1 atom stereocenters. The standard InChI is InChI=1S/C26H27N3O3/c1-29-21-15-20(17-7-4-3-5-8-17)23(28-24(21)32-22(16-31-2)25(29)30)18-9-11-19(12-10-18)26(27)13-6-14-26/h3-5,7-12,15,22H,6,13-14,16,27H2,1-2H3. The van der Waals surface area contributed by atoms with Gasteiger partial charge in [-0.15, -0.1) is 0 Å². The van der Waals surface area contributed by atoms with Gasteiger partial charge in [0.05, 0.1) is 12.3 Å². The second-order valence-electron chi connectivity index (χ2n) is 8.62. The molecule has 1 aliphatic heterocycles. The maximum atomic E-state index is 12.7. The molecule has 1 unspecified atom stereocenters. The maximum Gasteiger partial charge on any atom is 0.270 e. The molecule has 2 heterocycles. The third-order valence-corrected chi connectivity index (χ3v) is 6.57. The smallest absolute Gasteiger partial charge is 0.270 e. The number of likely N-dealkylation sites (N-methyl/N-ethyl adjacent to an activating group) is 1. The van der Waals surface area contributed by atoms with E-state index in [-0.39, 0.29) is 18.1 Å². The first-order valence-corrected chi connectivity index (χ1v) is 10.9. The molecule has 1 aromatic heterocycles. The van der Waals surface area contributed by atoms with Crippen LogP contribution in [0.4, 0.5) is 5.69 Å². The summed E-state index contributed by atoms with van der Waals surface area (Å²) >= 11 is 0. The number of methoxy groups -OCH3 is 1. The van der Waals surface area contributed by atoms with E-state index in [0.717, 1.165) is 40.8 Å². The first-order chi connectivity index (χ1) is 15.5. The van der Waals surface area contributed by atoms with Crippen molar-refractivity contribution in [3.05, 3.63) is 66.2 Å². The molecule has 32 heavy (non-hydrogen) atoms. The number of hydrogen-bond acceptors (Lipinski definition) is 5. The van der Waals surface area contributed by atoms with Crippen molar-refractivity contribution in [2.45, 2.75) is 30.9 Å². The third-order valence-electron chi connectivity index (χ3n) is 6.57. The van der Waals surface area contributed by atoms with Crippen molar-refractivity contribution in [1.82, 2.24) is 4.98 Å². The molecule has 0 radical (unpaired) electrons. The molecule has 0 bridgehead atoms. The summed E-state index contributed by atoms with van der Waals surface area (Å²) in [5.74, 6) is 0.285. The molecule has 0 spiro atoms. The number of anilines is 1. The molecular weight excluding hydrogens is 402 g/mol. The van der Waals surface area contributed by atoms with Crippen molar-refractivity contribution < 1.29 is 14.3 Å². The zero-order valence-electron chi connectivity index (χ0n) is 18.4. The number of hydrogen-bond donors (Lipinski definition) is 1. The highest BCUT2D eigenvalue weighted by Crippen LogP contribution is 2.42. The minimum absolute atomic E-state index is 0.147. The van der Waals surface area contributed by atoms with Gasteiger partial charge in [0.15, 0.2) is 0 Å². The van der Waals surface area contributed by atoms with Crippen LogP contribution in [0.3, 0.4) is 0 Å². The third kappa shape index (κ3) is 3.45. The fourth-order valence-electron chi connectivity index (χ4n) is 4.45. The van der Waals surface area contributed by atoms with Crippen LogP contribution in [-0.2, 0) is 15.1 Å². The Balaban J connectivity index is 1.63. The Morgan fingerprint density at radius 1 is 1.12 bits per heavy atom. The predicted molar refractivity (Wildman–Crippen MR) is 125 cm³/mol. The van der Waals surface area contributed by atoms with E-state index >= 15 is 0 Å². The van der Waals surface area contributed by atoms with Crippen molar-refractivity contribution in [3.63, 3.8) is 0 Å². The number of nitrogens with two attached hydrogens (primary N) is 1. The number of rotatable bonds is 5. The highest BCUT2D eigenvalue weighted by molar-refractivity contribution is 6.00. The number of pyridine rings is 1. The Morgan fingerprint density at radius 3 is 2.47 bits per heavy atom. The number of amides is 1. The van der Waals surface area contributed by atoms with Gasteiger partial charge in [-0.2, -0.15) is 0 Å². The average Bonchev–Trinajstić information content (AvgIpc) is 2.81. The van der Waals surface area contributed by atoms with Crippen LogP contribution in [-0.4, -0.2) is 37.8 Å². The molecule has 1 amide bonds. The molecule has 6 heteroatoms. The van der Waals surface area contributed by atoms with Crippen LogP contribution in [0.25, 0.3) is 22.4 Å². The van der Waals surface area contributed by atoms with Crippen LogP contribution in [0.15, 0.2) is 60.7 Å². The summed E-state index contributed by atoms with van der Waals surface area (Å²) in [7, 11) is 3.30. The molecule has 1 aliphatic carbocycles. The normalized spacial score (nSPS) is 19.2. The fraction of sp³-hybridized carbons (Fsp3) is 0.308. The van der Waals surface area contributed by atoms with Crippen molar-refractivity contribution >= 4 is 11.6 Å². The Hall–Kier alpha value is -3.22. The average molecular weight is 430 g/mol. The molecule has 0 saturated heterocycles. The van der Waals surface area contributed by atoms with Gasteiger partial charge in [0.25, 0.3) is 5.91 Å². The lowest BCUT2D eigenvalue weighted by Crippen LogP contribution is -2.46. The van der Waals surface area contributed by atoms with Crippen LogP contribution in [0.1, 0.15) is 24.8 Å². The van der Waals surface area contributed by atoms with E-state index in [1.165, 1.54) is 6.42 Å². The van der Waals surface area contributed by atoms with E-state index in [9.17, 15) is 4.79 Å². The van der Waals surface area contributed by atoms with Gasteiger partial charge in [0.2, 0.25) is 12.0 Å². The van der Waals surface area contributed by atoms with Crippen molar-refractivity contribution in [2.24, 2.45) is 5.73 Å². The van der Waals surface area contributed by atoms with Crippen LogP contribution in [0.5, 0.6) is 5.88 Å². The summed E-state index contributed by atoms with van der Waals surface area (Å²) in [6.07, 6.45) is 2.51. The summed E-state index contributed by atoms with van der Waals surface area (Å²) < 4.78 is 11.1. The monoisotopic (exact) mass is 429 g/mol. The highest BCUT2D eigenvalue weighted by atomic mass is 16.5. The minimum atomic E-state index is -0.710. The molecule has 2 N–H and O–H groups in total. The van der Waals surface area contributed by atoms with E-state index in [1.807, 2.05) is 36.4 Å². The van der Waals surface area contributed by atoms with Crippen molar-refractivity contribution in [2.75, 3.05) is 25.7 Å². The molecular formula is C26H27N3O3. The number of fused-ring (bicyclic) bond motifs is 1. The number of ether oxygens (including phenoxy) is 2. The van der Waals surface area contributed by atoms with E-state index in [2.05, 4.69) is 24.3 Å². The Morgan fingerprint density at radius 2 is 1.84 bits per heavy atom. The summed E-state index contributed by atoms with van der Waals surface area (Å²) in [4.78, 5) is 19.2. The summed E-state index contributed by atoms with van der Waals surface area (Å²) in [6.45, 7) is 0.174. The molecule has 2 aromatic carbocycles. The molecule has 6 nitrogen and oxygen atoms in total. The Bertz CT molecular complexity index is 1140. The minimum Gasteiger partial charge on any atom is -0.460 e. The molecule has 2 aliphatic rings. The van der Waals surface area contributed by atoms with Gasteiger partial charge in [-0.3, -0.25) is 4.79 Å². The summed E-state index contributed by atoms with van der Waals surface area (Å²) in [6, 6.07) is 20.4. The SMILES string of the molecule is COCC1Oc2nc(-c3ccc(C4(N)CCC4)cc3)c(-c3ccccc3)cc2N(C)C1=O. The number of aromatic nitrogens is 1. The lowest BCUT2D eigenvalue weighted by Gasteiger charge is -2.38. The Kier molecular flexibility index (Phi) is 5.19. The number of nitrogens with zero attached hydrogens (tertiary/aromatic N) is 2. The van der Waals surface area contributed by atoms with Gasteiger partial charge in [-0.25, -0.2) is 4.98 Å². The zero-order valence-corrected chi connectivity index (χ0v) is 18.4. The van der Waals surface area contributed by atoms with Crippen LogP contribution in [0.2, 0.25) is 0 Å². The van der Waals surface area contributed by atoms with Crippen LogP contribution >= 0.6 is 0 Å². The molecule has 1 fully saturated rings.